The second-order valence-electron chi connectivity index (χ2n) is 5.04. The number of hydrogen-bond donors (Lipinski definition) is 1. The summed E-state index contributed by atoms with van der Waals surface area (Å²) in [6.45, 7) is 7.79. The lowest BCUT2D eigenvalue weighted by atomic mass is 10.2. The van der Waals surface area contributed by atoms with E-state index in [9.17, 15) is 0 Å². The molecule has 4 nitrogen and oxygen atoms in total. The van der Waals surface area contributed by atoms with Crippen molar-refractivity contribution in [1.29, 1.82) is 0 Å². The summed E-state index contributed by atoms with van der Waals surface area (Å²) >= 11 is 3.57. The van der Waals surface area contributed by atoms with E-state index in [2.05, 4.69) is 27.3 Å². The Hall–Kier alpha value is -0.780. The minimum atomic E-state index is 0.363. The fourth-order valence-corrected chi connectivity index (χ4v) is 3.06. The van der Waals surface area contributed by atoms with Crippen molar-refractivity contribution in [3.8, 4) is 11.5 Å². The van der Waals surface area contributed by atoms with E-state index in [0.29, 0.717) is 19.3 Å². The van der Waals surface area contributed by atoms with E-state index in [1.54, 1.807) is 0 Å². The van der Waals surface area contributed by atoms with Gasteiger partial charge in [-0.3, -0.25) is 0 Å². The maximum atomic E-state index is 5.68. The van der Waals surface area contributed by atoms with Gasteiger partial charge in [0.15, 0.2) is 11.5 Å². The Bertz CT molecular complexity index is 447. The fourth-order valence-electron chi connectivity index (χ4n) is 2.45. The molecule has 2 rings (SSSR count). The molecule has 118 valence electrons. The molecule has 1 aliphatic rings. The summed E-state index contributed by atoms with van der Waals surface area (Å²) in [6.07, 6.45) is 2.70. The molecule has 5 heteroatoms. The molecule has 1 N–H and O–H groups in total. The van der Waals surface area contributed by atoms with Gasteiger partial charge in [0.2, 0.25) is 0 Å². The lowest BCUT2D eigenvalue weighted by Crippen LogP contribution is -2.25. The second kappa shape index (κ2) is 8.61. The smallest absolute Gasteiger partial charge is 0.175 e. The van der Waals surface area contributed by atoms with Crippen molar-refractivity contribution in [1.82, 2.24) is 5.32 Å². The van der Waals surface area contributed by atoms with E-state index in [4.69, 9.17) is 14.2 Å². The van der Waals surface area contributed by atoms with Crippen molar-refractivity contribution in [3.05, 3.63) is 22.2 Å². The lowest BCUT2D eigenvalue weighted by Gasteiger charge is -2.15. The van der Waals surface area contributed by atoms with Gasteiger partial charge in [0.25, 0.3) is 0 Å². The van der Waals surface area contributed by atoms with Crippen molar-refractivity contribution < 1.29 is 14.2 Å². The highest BCUT2D eigenvalue weighted by Gasteiger charge is 2.15. The standard InChI is InChI=1S/C16H24BrNO3/c1-3-19-15-9-12(8-14(17)16(15)20-4-2)10-18-11-13-6-5-7-21-13/h8-9,13,18H,3-7,10-11H2,1-2H3/t13-/m0/s1. The third kappa shape index (κ3) is 4.87. The Morgan fingerprint density at radius 3 is 2.76 bits per heavy atom. The predicted molar refractivity (Wildman–Crippen MR) is 87.2 cm³/mol. The highest BCUT2D eigenvalue weighted by molar-refractivity contribution is 9.10. The highest BCUT2D eigenvalue weighted by Crippen LogP contribution is 2.36. The van der Waals surface area contributed by atoms with E-state index < -0.39 is 0 Å². The summed E-state index contributed by atoms with van der Waals surface area (Å²) in [5.74, 6) is 1.57. The SMILES string of the molecule is CCOc1cc(CNC[C@@H]2CCCO2)cc(Br)c1OCC. The van der Waals surface area contributed by atoms with Crippen LogP contribution in [-0.2, 0) is 11.3 Å². The molecule has 0 saturated carbocycles. The molecule has 21 heavy (non-hydrogen) atoms. The zero-order chi connectivity index (χ0) is 15.1. The quantitative estimate of drug-likeness (QED) is 0.772. The van der Waals surface area contributed by atoms with Crippen molar-refractivity contribution >= 4 is 15.9 Å². The van der Waals surface area contributed by atoms with Crippen molar-refractivity contribution in [2.75, 3.05) is 26.4 Å². The molecule has 1 atom stereocenters. The average Bonchev–Trinajstić information content (AvgIpc) is 2.96. The molecule has 1 saturated heterocycles. The van der Waals surface area contributed by atoms with E-state index >= 15 is 0 Å². The van der Waals surface area contributed by atoms with Gasteiger partial charge in [-0.25, -0.2) is 0 Å². The van der Waals surface area contributed by atoms with Crippen LogP contribution in [-0.4, -0.2) is 32.5 Å². The van der Waals surface area contributed by atoms with Crippen LogP contribution in [0.15, 0.2) is 16.6 Å². The van der Waals surface area contributed by atoms with Crippen LogP contribution < -0.4 is 14.8 Å². The summed E-state index contributed by atoms with van der Waals surface area (Å²) in [6, 6.07) is 4.12. The van der Waals surface area contributed by atoms with E-state index in [1.807, 2.05) is 19.9 Å². The van der Waals surface area contributed by atoms with Crippen molar-refractivity contribution in [3.63, 3.8) is 0 Å². The molecule has 1 aliphatic heterocycles. The zero-order valence-corrected chi connectivity index (χ0v) is 14.4. The largest absolute Gasteiger partial charge is 0.490 e. The molecule has 0 aromatic heterocycles. The van der Waals surface area contributed by atoms with E-state index in [-0.39, 0.29) is 0 Å². The van der Waals surface area contributed by atoms with Crippen LogP contribution in [0.1, 0.15) is 32.3 Å². The minimum Gasteiger partial charge on any atom is -0.490 e. The molecule has 1 aromatic rings. The third-order valence-corrected chi connectivity index (χ3v) is 3.97. The summed E-state index contributed by atoms with van der Waals surface area (Å²) in [7, 11) is 0. The molecule has 0 spiro atoms. The van der Waals surface area contributed by atoms with Gasteiger partial charge in [-0.1, -0.05) is 0 Å². The number of halogens is 1. The van der Waals surface area contributed by atoms with Crippen LogP contribution in [0.4, 0.5) is 0 Å². The topological polar surface area (TPSA) is 39.7 Å². The van der Waals surface area contributed by atoms with Gasteiger partial charge in [-0.2, -0.15) is 0 Å². The normalized spacial score (nSPS) is 18.0. The van der Waals surface area contributed by atoms with Gasteiger partial charge >= 0.3 is 0 Å². The van der Waals surface area contributed by atoms with Gasteiger partial charge < -0.3 is 19.5 Å². The maximum absolute atomic E-state index is 5.68. The first-order chi connectivity index (χ1) is 10.2. The number of hydrogen-bond acceptors (Lipinski definition) is 4. The molecular weight excluding hydrogens is 334 g/mol. The Labute approximate surface area is 135 Å². The molecule has 1 heterocycles. The first-order valence-corrected chi connectivity index (χ1v) is 8.44. The Morgan fingerprint density at radius 1 is 1.29 bits per heavy atom. The minimum absolute atomic E-state index is 0.363. The monoisotopic (exact) mass is 357 g/mol. The number of rotatable bonds is 8. The second-order valence-corrected chi connectivity index (χ2v) is 5.89. The van der Waals surface area contributed by atoms with Crippen LogP contribution in [0.25, 0.3) is 0 Å². The van der Waals surface area contributed by atoms with Crippen LogP contribution in [0.5, 0.6) is 11.5 Å². The van der Waals surface area contributed by atoms with E-state index in [1.165, 1.54) is 12.0 Å². The van der Waals surface area contributed by atoms with Crippen LogP contribution in [0, 0.1) is 0 Å². The Kier molecular flexibility index (Phi) is 6.80. The van der Waals surface area contributed by atoms with Crippen molar-refractivity contribution in [2.24, 2.45) is 0 Å². The Morgan fingerprint density at radius 2 is 2.10 bits per heavy atom. The van der Waals surface area contributed by atoms with E-state index in [0.717, 1.165) is 42.1 Å². The highest BCUT2D eigenvalue weighted by atomic mass is 79.9. The predicted octanol–water partition coefficient (Wildman–Crippen LogP) is 3.52. The maximum Gasteiger partial charge on any atom is 0.175 e. The first kappa shape index (κ1) is 16.6. The number of ether oxygens (including phenoxy) is 3. The molecule has 0 radical (unpaired) electrons. The molecule has 0 unspecified atom stereocenters. The third-order valence-electron chi connectivity index (χ3n) is 3.38. The molecule has 1 fully saturated rings. The van der Waals surface area contributed by atoms with Crippen LogP contribution in [0.3, 0.4) is 0 Å². The summed E-state index contributed by atoms with van der Waals surface area (Å²) in [4.78, 5) is 0. The summed E-state index contributed by atoms with van der Waals surface area (Å²) in [5.41, 5.74) is 1.17. The Balaban J connectivity index is 1.98. The summed E-state index contributed by atoms with van der Waals surface area (Å²) < 4.78 is 17.9. The number of benzene rings is 1. The van der Waals surface area contributed by atoms with Gasteiger partial charge in [0.1, 0.15) is 0 Å². The number of nitrogens with one attached hydrogen (secondary N) is 1. The van der Waals surface area contributed by atoms with Gasteiger partial charge in [-0.15, -0.1) is 0 Å². The van der Waals surface area contributed by atoms with Crippen LogP contribution in [0.2, 0.25) is 0 Å². The molecule has 0 bridgehead atoms. The molecular formula is C16H24BrNO3. The molecule has 1 aromatic carbocycles. The molecule has 0 aliphatic carbocycles. The lowest BCUT2D eigenvalue weighted by molar-refractivity contribution is 0.110. The van der Waals surface area contributed by atoms with Gasteiger partial charge in [-0.05, 0) is 60.3 Å². The zero-order valence-electron chi connectivity index (χ0n) is 12.8. The first-order valence-electron chi connectivity index (χ1n) is 7.65. The fraction of sp³-hybridized carbons (Fsp3) is 0.625. The molecule has 0 amide bonds. The van der Waals surface area contributed by atoms with Crippen molar-refractivity contribution in [2.45, 2.75) is 39.3 Å². The van der Waals surface area contributed by atoms with Gasteiger partial charge in [0, 0.05) is 19.7 Å². The van der Waals surface area contributed by atoms with Crippen LogP contribution >= 0.6 is 15.9 Å². The van der Waals surface area contributed by atoms with Gasteiger partial charge in [0.05, 0.1) is 23.8 Å². The average molecular weight is 358 g/mol. The summed E-state index contributed by atoms with van der Waals surface area (Å²) in [5, 5.41) is 3.45.